The average Bonchev–Trinajstić information content (AvgIpc) is 3.66. The van der Waals surface area contributed by atoms with E-state index >= 15 is 0 Å². The van der Waals surface area contributed by atoms with Crippen LogP contribution in [-0.2, 0) is 31.6 Å². The summed E-state index contributed by atoms with van der Waals surface area (Å²) in [6, 6.07) is 12.4. The van der Waals surface area contributed by atoms with E-state index in [1.807, 2.05) is 29.2 Å². The Balaban J connectivity index is 1.07. The maximum Gasteiger partial charge on any atom is 0.536 e. The SMILES string of the molecule is O=c1ccn([C@@H]2O[C@H](COP(=O)(O)OP(=O)(O)OP(=O)(O)Oc3ccc4nc(-c5nc6ccccc6s5)sc4c3)[C@@H](O)[C@H]2O)c(=O)[nH]1. The predicted octanol–water partition coefficient (Wildman–Crippen LogP) is 2.47. The summed E-state index contributed by atoms with van der Waals surface area (Å²) in [6.07, 6.45) is -5.78. The summed E-state index contributed by atoms with van der Waals surface area (Å²) in [5.41, 5.74) is -0.454. The van der Waals surface area contributed by atoms with Gasteiger partial charge in [0.15, 0.2) is 16.2 Å². The molecule has 19 nitrogen and oxygen atoms in total. The Labute approximate surface area is 269 Å². The number of para-hydroxylation sites is 1. The molecule has 4 heterocycles. The third-order valence-corrected chi connectivity index (χ3v) is 12.8. The van der Waals surface area contributed by atoms with E-state index in [9.17, 15) is 48.2 Å². The summed E-state index contributed by atoms with van der Waals surface area (Å²) >= 11 is 2.62. The fourth-order valence-electron chi connectivity index (χ4n) is 4.36. The number of phosphoric acid groups is 3. The largest absolute Gasteiger partial charge is 0.536 e. The number of aliphatic hydroxyl groups excluding tert-OH is 2. The highest BCUT2D eigenvalue weighted by atomic mass is 32.1. The first-order valence-corrected chi connectivity index (χ1v) is 19.0. The minimum Gasteiger partial charge on any atom is -0.404 e. The van der Waals surface area contributed by atoms with Gasteiger partial charge in [-0.1, -0.05) is 12.1 Å². The van der Waals surface area contributed by atoms with Crippen molar-refractivity contribution in [3.63, 3.8) is 0 Å². The number of aromatic amines is 1. The maximum atomic E-state index is 12.5. The second-order valence-electron chi connectivity index (χ2n) is 9.66. The molecule has 0 saturated carbocycles. The Morgan fingerprint density at radius 2 is 1.51 bits per heavy atom. The highest BCUT2D eigenvalue weighted by molar-refractivity contribution is 7.67. The maximum absolute atomic E-state index is 12.5. The van der Waals surface area contributed by atoms with Crippen LogP contribution in [0.3, 0.4) is 0 Å². The number of ether oxygens (including phenoxy) is 1. The fourth-order valence-corrected chi connectivity index (χ4v) is 9.85. The van der Waals surface area contributed by atoms with E-state index in [1.54, 1.807) is 0 Å². The van der Waals surface area contributed by atoms with Gasteiger partial charge in [-0.05, 0) is 24.3 Å². The molecular formula is C23H21N4O15P3S2. The Morgan fingerprint density at radius 1 is 0.851 bits per heavy atom. The smallest absolute Gasteiger partial charge is 0.404 e. The number of rotatable bonds is 11. The van der Waals surface area contributed by atoms with E-state index in [2.05, 4.69) is 23.1 Å². The van der Waals surface area contributed by atoms with Crippen LogP contribution in [0.25, 0.3) is 30.4 Å². The summed E-state index contributed by atoms with van der Waals surface area (Å²) < 4.78 is 62.4. The van der Waals surface area contributed by atoms with Gasteiger partial charge in [-0.3, -0.25) is 23.8 Å². The molecule has 7 atom stereocenters. The number of H-pyrrole nitrogens is 1. The Bertz CT molecular complexity index is 2200. The molecule has 3 unspecified atom stereocenters. The van der Waals surface area contributed by atoms with Crippen LogP contribution >= 0.6 is 46.1 Å². The molecule has 0 spiro atoms. The quantitative estimate of drug-likeness (QED) is 0.106. The van der Waals surface area contributed by atoms with Gasteiger partial charge in [0.2, 0.25) is 0 Å². The first kappa shape index (κ1) is 33.9. The zero-order chi connectivity index (χ0) is 33.7. The van der Waals surface area contributed by atoms with Gasteiger partial charge in [0.1, 0.15) is 24.1 Å². The lowest BCUT2D eigenvalue weighted by atomic mass is 10.1. The predicted molar refractivity (Wildman–Crippen MR) is 164 cm³/mol. The van der Waals surface area contributed by atoms with Crippen molar-refractivity contribution in [2.45, 2.75) is 24.5 Å². The number of thiazole rings is 2. The van der Waals surface area contributed by atoms with Crippen LogP contribution in [0.15, 0.2) is 64.3 Å². The molecule has 0 aliphatic carbocycles. The van der Waals surface area contributed by atoms with Gasteiger partial charge in [0.25, 0.3) is 5.56 Å². The molecular weight excluding hydrogens is 729 g/mol. The van der Waals surface area contributed by atoms with Crippen molar-refractivity contribution in [3.05, 3.63) is 75.6 Å². The monoisotopic (exact) mass is 750 g/mol. The minimum atomic E-state index is -5.86. The molecule has 1 aliphatic rings. The summed E-state index contributed by atoms with van der Waals surface area (Å²) in [5, 5.41) is 21.7. The van der Waals surface area contributed by atoms with E-state index in [4.69, 9.17) is 9.26 Å². The Kier molecular flexibility index (Phi) is 9.24. The number of hydrogen-bond acceptors (Lipinski definition) is 16. The van der Waals surface area contributed by atoms with Gasteiger partial charge < -0.3 is 29.3 Å². The zero-order valence-corrected chi connectivity index (χ0v) is 27.3. The molecule has 1 fully saturated rings. The third-order valence-electron chi connectivity index (χ3n) is 6.33. The molecule has 3 aromatic heterocycles. The van der Waals surface area contributed by atoms with E-state index in [0.717, 1.165) is 27.0 Å². The fraction of sp³-hybridized carbons (Fsp3) is 0.217. The number of phosphoric ester groups is 2. The van der Waals surface area contributed by atoms with Gasteiger partial charge in [0.05, 0.1) is 27.0 Å². The van der Waals surface area contributed by atoms with Crippen molar-refractivity contribution in [2.24, 2.45) is 0 Å². The Morgan fingerprint density at radius 3 is 2.21 bits per heavy atom. The minimum absolute atomic E-state index is 0.284. The summed E-state index contributed by atoms with van der Waals surface area (Å²) in [6.45, 7) is -1.05. The van der Waals surface area contributed by atoms with Crippen molar-refractivity contribution in [1.82, 2.24) is 19.5 Å². The molecule has 250 valence electrons. The second-order valence-corrected chi connectivity index (χ2v) is 16.3. The van der Waals surface area contributed by atoms with Crippen LogP contribution in [0, 0.1) is 0 Å². The number of aliphatic hydroxyl groups is 2. The van der Waals surface area contributed by atoms with Crippen LogP contribution in [-0.4, -0.2) is 69.3 Å². The van der Waals surface area contributed by atoms with Gasteiger partial charge >= 0.3 is 29.2 Å². The second kappa shape index (κ2) is 12.8. The highest BCUT2D eigenvalue weighted by Crippen LogP contribution is 2.67. The normalized spacial score (nSPS) is 23.8. The molecule has 0 bridgehead atoms. The van der Waals surface area contributed by atoms with Crippen molar-refractivity contribution < 1.29 is 61.0 Å². The molecule has 47 heavy (non-hydrogen) atoms. The Hall–Kier alpha value is -2.97. The van der Waals surface area contributed by atoms with E-state index in [1.165, 1.54) is 40.9 Å². The lowest BCUT2D eigenvalue weighted by Gasteiger charge is -2.20. The molecule has 6 N–H and O–H groups in total. The topological polar surface area (TPSA) is 279 Å². The van der Waals surface area contributed by atoms with Crippen LogP contribution in [0.4, 0.5) is 0 Å². The standard InChI is InChI=1S/C23H21N4O15P3S2/c28-17-7-8-27(23(31)26-17)22-19(30)18(29)14(39-22)10-38-43(32,33)41-45(36,37)42-44(34,35)40-11-5-6-13-16(9-11)47-21(25-13)20-24-12-3-1-2-4-15(12)46-20/h1-9,14,18-19,22,29-30H,10H2,(H,32,33)(H,34,35)(H,36,37)(H,26,28,31)/t14-,18-,19-,22-/m1/s1. The molecule has 24 heteroatoms. The zero-order valence-electron chi connectivity index (χ0n) is 23.0. The average molecular weight is 750 g/mol. The number of nitrogens with one attached hydrogen (secondary N) is 1. The summed E-state index contributed by atoms with van der Waals surface area (Å²) in [4.78, 5) is 64.2. The summed E-state index contributed by atoms with van der Waals surface area (Å²) in [7, 11) is -16.9. The van der Waals surface area contributed by atoms with Crippen molar-refractivity contribution in [1.29, 1.82) is 0 Å². The first-order valence-electron chi connectivity index (χ1n) is 12.9. The number of nitrogens with zero attached hydrogens (tertiary/aromatic N) is 3. The van der Waals surface area contributed by atoms with Crippen molar-refractivity contribution >= 4 is 66.6 Å². The van der Waals surface area contributed by atoms with Crippen LogP contribution in [0.1, 0.15) is 6.23 Å². The van der Waals surface area contributed by atoms with Crippen LogP contribution < -0.4 is 15.8 Å². The molecule has 0 amide bonds. The van der Waals surface area contributed by atoms with Gasteiger partial charge in [-0.2, -0.15) is 8.62 Å². The number of fused-ring (bicyclic) bond motifs is 2. The summed E-state index contributed by atoms with van der Waals surface area (Å²) in [5.74, 6) is -0.284. The third kappa shape index (κ3) is 7.69. The van der Waals surface area contributed by atoms with Gasteiger partial charge in [0, 0.05) is 18.3 Å². The molecule has 0 radical (unpaired) electrons. The van der Waals surface area contributed by atoms with E-state index in [-0.39, 0.29) is 5.75 Å². The number of hydrogen-bond donors (Lipinski definition) is 6. The van der Waals surface area contributed by atoms with Crippen molar-refractivity contribution in [3.8, 4) is 15.8 Å². The lowest BCUT2D eigenvalue weighted by Crippen LogP contribution is -2.37. The lowest BCUT2D eigenvalue weighted by molar-refractivity contribution is -0.0542. The van der Waals surface area contributed by atoms with E-state index < -0.39 is 65.9 Å². The first-order chi connectivity index (χ1) is 22.1. The number of benzene rings is 2. The van der Waals surface area contributed by atoms with E-state index in [0.29, 0.717) is 20.2 Å². The van der Waals surface area contributed by atoms with Crippen LogP contribution in [0.5, 0.6) is 5.75 Å². The number of aromatic nitrogens is 4. The van der Waals surface area contributed by atoms with Gasteiger partial charge in [-0.25, -0.2) is 28.5 Å². The highest BCUT2D eigenvalue weighted by Gasteiger charge is 2.47. The molecule has 6 rings (SSSR count). The molecule has 1 aliphatic heterocycles. The molecule has 2 aromatic carbocycles. The van der Waals surface area contributed by atoms with Crippen molar-refractivity contribution in [2.75, 3.05) is 6.61 Å². The van der Waals surface area contributed by atoms with Gasteiger partial charge in [-0.15, -0.1) is 22.7 Å². The van der Waals surface area contributed by atoms with Crippen LogP contribution in [0.2, 0.25) is 0 Å². The molecule has 1 saturated heterocycles. The molecule has 5 aromatic rings.